The van der Waals surface area contributed by atoms with Crippen molar-refractivity contribution in [1.29, 1.82) is 0 Å². The molecule has 0 heterocycles. The van der Waals surface area contributed by atoms with E-state index in [2.05, 4.69) is 13.2 Å². The Morgan fingerprint density at radius 2 is 0.860 bits per heavy atom. The average molecular weight is 775 g/mol. The fraction of sp³-hybridized carbons (Fsp3) is 0.244. The van der Waals surface area contributed by atoms with Gasteiger partial charge in [0.25, 0.3) is 0 Å². The molecule has 2 atom stereocenters. The highest BCUT2D eigenvalue weighted by molar-refractivity contribution is 6.03. The van der Waals surface area contributed by atoms with Gasteiger partial charge in [-0.25, -0.2) is 9.59 Å². The number of allylic oxidation sites excluding steroid dienone is 2. The Labute approximate surface area is 330 Å². The van der Waals surface area contributed by atoms with Crippen LogP contribution < -0.4 is 19.7 Å². The molecule has 0 saturated carbocycles. The molecule has 296 valence electrons. The average Bonchev–Trinajstić information content (AvgIpc) is 3.19. The maximum absolute atomic E-state index is 12.9. The van der Waals surface area contributed by atoms with Crippen LogP contribution in [-0.4, -0.2) is 60.9 Å². The first-order valence-corrected chi connectivity index (χ1v) is 17.8. The molecule has 0 spiro atoms. The van der Waals surface area contributed by atoms with Gasteiger partial charge in [-0.3, -0.25) is 9.59 Å². The second kappa shape index (κ2) is 19.2. The van der Waals surface area contributed by atoms with Crippen molar-refractivity contribution in [2.75, 3.05) is 13.2 Å². The van der Waals surface area contributed by atoms with Crippen molar-refractivity contribution in [3.8, 4) is 11.5 Å². The standard InChI is InChI=1S/C45H44O12/c1-27(2)39(46)23-33(56-43(52)37-13-9-7-11-35(37)41(48)49)25-54-31-19-15-29(16-20-31)45(5,6)30-17-21-32(22-18-30)55-26-34(24-40(47)28(3)4)57-44(53)38-14-10-8-12-36(38)42(50)51/h7-22,33-34H,1,3,23-26H2,2,4-6H3,(H,48,49)(H,50,51)/p-2. The van der Waals surface area contributed by atoms with Gasteiger partial charge in [-0.1, -0.05) is 87.7 Å². The van der Waals surface area contributed by atoms with Crippen molar-refractivity contribution in [3.63, 3.8) is 0 Å². The molecule has 0 amide bonds. The first-order chi connectivity index (χ1) is 27.0. The predicted octanol–water partition coefficient (Wildman–Crippen LogP) is 5.02. The van der Waals surface area contributed by atoms with Crippen LogP contribution in [0, 0.1) is 0 Å². The molecule has 0 fully saturated rings. The van der Waals surface area contributed by atoms with Crippen molar-refractivity contribution in [1.82, 2.24) is 0 Å². The molecular weight excluding hydrogens is 732 g/mol. The summed E-state index contributed by atoms with van der Waals surface area (Å²) < 4.78 is 22.9. The summed E-state index contributed by atoms with van der Waals surface area (Å²) in [5.74, 6) is -4.80. The third kappa shape index (κ3) is 11.6. The van der Waals surface area contributed by atoms with E-state index in [0.29, 0.717) is 11.5 Å². The topological polar surface area (TPSA) is 185 Å². The summed E-state index contributed by atoms with van der Waals surface area (Å²) in [6, 6.07) is 25.3. The number of Topliss-reactive ketones (excluding diaryl/α,β-unsaturated/α-hetero) is 2. The molecule has 0 saturated heterocycles. The lowest BCUT2D eigenvalue weighted by atomic mass is 9.78. The molecule has 12 nitrogen and oxygen atoms in total. The molecule has 4 aromatic rings. The molecule has 2 unspecified atom stereocenters. The van der Waals surface area contributed by atoms with Crippen molar-refractivity contribution in [2.24, 2.45) is 0 Å². The van der Waals surface area contributed by atoms with Crippen molar-refractivity contribution < 1.29 is 57.9 Å². The lowest BCUT2D eigenvalue weighted by molar-refractivity contribution is -0.256. The molecular formula is C45H42O12-2. The molecule has 0 aliphatic rings. The summed E-state index contributed by atoms with van der Waals surface area (Å²) in [7, 11) is 0. The molecule has 0 aromatic heterocycles. The molecule has 57 heavy (non-hydrogen) atoms. The number of carboxylic acid groups (broad SMARTS) is 2. The van der Waals surface area contributed by atoms with Crippen LogP contribution in [-0.2, 0) is 24.5 Å². The molecule has 4 rings (SSSR count). The van der Waals surface area contributed by atoms with Gasteiger partial charge >= 0.3 is 11.9 Å². The van der Waals surface area contributed by atoms with E-state index >= 15 is 0 Å². The number of esters is 2. The summed E-state index contributed by atoms with van der Waals surface area (Å²) in [6.07, 6.45) is -2.55. The molecule has 0 N–H and O–H groups in total. The number of rotatable bonds is 20. The Morgan fingerprint density at radius 3 is 1.16 bits per heavy atom. The fourth-order valence-electron chi connectivity index (χ4n) is 5.62. The number of carbonyl (C=O) groups is 6. The molecule has 0 aliphatic carbocycles. The van der Waals surface area contributed by atoms with Gasteiger partial charge in [0, 0.05) is 16.5 Å². The highest BCUT2D eigenvalue weighted by Crippen LogP contribution is 2.33. The quantitative estimate of drug-likeness (QED) is 0.0864. The smallest absolute Gasteiger partial charge is 0.339 e. The van der Waals surface area contributed by atoms with Crippen molar-refractivity contribution >= 4 is 35.4 Å². The summed E-state index contributed by atoms with van der Waals surface area (Å²) >= 11 is 0. The number of benzene rings is 4. The van der Waals surface area contributed by atoms with Gasteiger partial charge in [0.05, 0.1) is 35.9 Å². The Hall–Kier alpha value is -6.82. The van der Waals surface area contributed by atoms with E-state index in [1.165, 1.54) is 62.4 Å². The van der Waals surface area contributed by atoms with Crippen LogP contribution in [0.1, 0.15) is 93.1 Å². The van der Waals surface area contributed by atoms with Crippen LogP contribution in [0.4, 0.5) is 0 Å². The monoisotopic (exact) mass is 774 g/mol. The second-order valence-electron chi connectivity index (χ2n) is 13.8. The molecule has 4 aromatic carbocycles. The maximum atomic E-state index is 12.9. The minimum Gasteiger partial charge on any atom is -0.545 e. The van der Waals surface area contributed by atoms with Crippen LogP contribution in [0.25, 0.3) is 0 Å². The minimum atomic E-state index is -1.54. The fourth-order valence-corrected chi connectivity index (χ4v) is 5.62. The Morgan fingerprint density at radius 1 is 0.544 bits per heavy atom. The van der Waals surface area contributed by atoms with Gasteiger partial charge in [-0.2, -0.15) is 0 Å². The maximum Gasteiger partial charge on any atom is 0.339 e. The predicted molar refractivity (Wildman–Crippen MR) is 205 cm³/mol. The van der Waals surface area contributed by atoms with Gasteiger partial charge < -0.3 is 38.7 Å². The molecule has 0 aliphatic heterocycles. The summed E-state index contributed by atoms with van der Waals surface area (Å²) in [5.41, 5.74) is 0.755. The van der Waals surface area contributed by atoms with Crippen molar-refractivity contribution in [2.45, 2.75) is 58.2 Å². The van der Waals surface area contributed by atoms with Crippen LogP contribution in [0.2, 0.25) is 0 Å². The molecule has 0 bridgehead atoms. The third-order valence-corrected chi connectivity index (χ3v) is 9.08. The van der Waals surface area contributed by atoms with Gasteiger partial charge in [0.1, 0.15) is 36.9 Å². The Bertz CT molecular complexity index is 2010. The number of ether oxygens (including phenoxy) is 4. The van der Waals surface area contributed by atoms with E-state index in [4.69, 9.17) is 18.9 Å². The van der Waals surface area contributed by atoms with E-state index in [1.54, 1.807) is 24.3 Å². The lowest BCUT2D eigenvalue weighted by Gasteiger charge is -2.27. The second-order valence-corrected chi connectivity index (χ2v) is 13.8. The number of aromatic carboxylic acids is 2. The summed E-state index contributed by atoms with van der Waals surface area (Å²) in [6.45, 7) is 14.0. The third-order valence-electron chi connectivity index (χ3n) is 9.08. The molecule has 0 radical (unpaired) electrons. The van der Waals surface area contributed by atoms with E-state index in [1.807, 2.05) is 38.1 Å². The van der Waals surface area contributed by atoms with E-state index in [0.717, 1.165) is 11.1 Å². The zero-order valence-corrected chi connectivity index (χ0v) is 32.0. The van der Waals surface area contributed by atoms with Gasteiger partial charge in [0.2, 0.25) is 0 Å². The van der Waals surface area contributed by atoms with Gasteiger partial charge in [0.15, 0.2) is 11.6 Å². The highest BCUT2D eigenvalue weighted by Gasteiger charge is 2.26. The van der Waals surface area contributed by atoms with Crippen LogP contribution in [0.5, 0.6) is 11.5 Å². The Kier molecular flexibility index (Phi) is 14.4. The SMILES string of the molecule is C=C(C)C(=O)CC(COc1ccc(C(C)(C)c2ccc(OCC(CC(=O)C(=C)C)OC(=O)c3ccccc3C(=O)[O-])cc2)cc1)OC(=O)c1ccccc1C(=O)[O-]. The number of hydrogen-bond donors (Lipinski definition) is 0. The van der Waals surface area contributed by atoms with E-state index < -0.39 is 41.5 Å². The zero-order chi connectivity index (χ0) is 41.9. The number of carboxylic acids is 2. The van der Waals surface area contributed by atoms with Crippen molar-refractivity contribution in [3.05, 3.63) is 155 Å². The number of carbonyl (C=O) groups excluding carboxylic acids is 6. The van der Waals surface area contributed by atoms with E-state index in [9.17, 15) is 39.0 Å². The van der Waals surface area contributed by atoms with Crippen LogP contribution in [0.3, 0.4) is 0 Å². The number of ketones is 2. The van der Waals surface area contributed by atoms with E-state index in [-0.39, 0.29) is 71.0 Å². The summed E-state index contributed by atoms with van der Waals surface area (Å²) in [4.78, 5) is 73.9. The van der Waals surface area contributed by atoms with Crippen LogP contribution >= 0.6 is 0 Å². The highest BCUT2D eigenvalue weighted by atomic mass is 16.6. The normalized spacial score (nSPS) is 12.0. The summed E-state index contributed by atoms with van der Waals surface area (Å²) in [5, 5.41) is 23.0. The first kappa shape index (κ1) is 42.9. The zero-order valence-electron chi connectivity index (χ0n) is 32.0. The lowest BCUT2D eigenvalue weighted by Crippen LogP contribution is -2.30. The Balaban J connectivity index is 1.42. The minimum absolute atomic E-state index is 0.197. The first-order valence-electron chi connectivity index (χ1n) is 17.8. The van der Waals surface area contributed by atoms with Crippen LogP contribution in [0.15, 0.2) is 121 Å². The molecule has 12 heteroatoms. The van der Waals surface area contributed by atoms with Gasteiger partial charge in [-0.15, -0.1) is 0 Å². The van der Waals surface area contributed by atoms with Gasteiger partial charge in [-0.05, 0) is 72.5 Å². The number of hydrogen-bond acceptors (Lipinski definition) is 12. The largest absolute Gasteiger partial charge is 0.545 e.